The molecule has 1 aliphatic heterocycles. The second-order valence-electron chi connectivity index (χ2n) is 9.21. The van der Waals surface area contributed by atoms with Gasteiger partial charge < -0.3 is 19.2 Å². The molecule has 0 unspecified atom stereocenters. The summed E-state index contributed by atoms with van der Waals surface area (Å²) < 4.78 is 17.5. The molecule has 1 aromatic carbocycles. The van der Waals surface area contributed by atoms with Crippen molar-refractivity contribution in [1.82, 2.24) is 10.3 Å². The minimum Gasteiger partial charge on any atom is -0.497 e. The van der Waals surface area contributed by atoms with Crippen LogP contribution >= 0.6 is 0 Å². The Labute approximate surface area is 184 Å². The second kappa shape index (κ2) is 8.64. The Bertz CT molecular complexity index is 1010. The first-order valence-corrected chi connectivity index (χ1v) is 11.5. The van der Waals surface area contributed by atoms with E-state index in [2.05, 4.69) is 17.4 Å². The van der Waals surface area contributed by atoms with E-state index >= 15 is 0 Å². The van der Waals surface area contributed by atoms with Crippen molar-refractivity contribution in [3.8, 4) is 5.75 Å². The molecule has 2 aromatic heterocycles. The van der Waals surface area contributed by atoms with Crippen LogP contribution in [0.25, 0.3) is 11.0 Å². The summed E-state index contributed by atoms with van der Waals surface area (Å²) in [6.07, 6.45) is 11.9. The quantitative estimate of drug-likeness (QED) is 0.520. The van der Waals surface area contributed by atoms with E-state index in [1.54, 1.807) is 7.11 Å². The molecule has 5 nitrogen and oxygen atoms in total. The van der Waals surface area contributed by atoms with Crippen LogP contribution in [0.2, 0.25) is 0 Å². The van der Waals surface area contributed by atoms with Crippen molar-refractivity contribution in [1.29, 1.82) is 0 Å². The van der Waals surface area contributed by atoms with E-state index in [4.69, 9.17) is 18.9 Å². The molecule has 0 radical (unpaired) electrons. The summed E-state index contributed by atoms with van der Waals surface area (Å²) in [5.41, 5.74) is 3.44. The monoisotopic (exact) mass is 420 g/mol. The van der Waals surface area contributed by atoms with E-state index in [1.165, 1.54) is 36.9 Å². The first-order valence-electron chi connectivity index (χ1n) is 11.5. The summed E-state index contributed by atoms with van der Waals surface area (Å²) in [6.45, 7) is 2.55. The van der Waals surface area contributed by atoms with Gasteiger partial charge in [-0.1, -0.05) is 18.9 Å². The third-order valence-corrected chi connectivity index (χ3v) is 7.33. The van der Waals surface area contributed by atoms with E-state index in [0.717, 1.165) is 55.7 Å². The Kier molecular flexibility index (Phi) is 5.72. The van der Waals surface area contributed by atoms with Gasteiger partial charge in [-0.25, -0.2) is 0 Å². The van der Waals surface area contributed by atoms with Crippen LogP contribution in [-0.4, -0.2) is 30.8 Å². The topological polar surface area (TPSA) is 56.5 Å². The molecular weight excluding hydrogens is 388 g/mol. The molecule has 2 fully saturated rings. The van der Waals surface area contributed by atoms with Gasteiger partial charge in [0.15, 0.2) is 0 Å². The van der Waals surface area contributed by atoms with Crippen molar-refractivity contribution in [3.05, 3.63) is 60.1 Å². The molecule has 2 aliphatic rings. The fraction of sp³-hybridized carbons (Fsp3) is 0.500. The van der Waals surface area contributed by atoms with Gasteiger partial charge in [0.1, 0.15) is 11.3 Å². The number of furan rings is 1. The molecule has 1 N–H and O–H groups in total. The molecule has 0 bridgehead atoms. The molecule has 3 aromatic rings. The van der Waals surface area contributed by atoms with Crippen LogP contribution in [0.4, 0.5) is 0 Å². The van der Waals surface area contributed by atoms with Crippen molar-refractivity contribution < 1.29 is 13.9 Å². The summed E-state index contributed by atoms with van der Waals surface area (Å²) in [4.78, 5) is 4.81. The predicted octanol–water partition coefficient (Wildman–Crippen LogP) is 5.38. The second-order valence-corrected chi connectivity index (χ2v) is 9.21. The summed E-state index contributed by atoms with van der Waals surface area (Å²) >= 11 is 0. The van der Waals surface area contributed by atoms with Gasteiger partial charge in [-0.2, -0.15) is 0 Å². The number of methoxy groups -OCH3 is 1. The summed E-state index contributed by atoms with van der Waals surface area (Å²) in [5, 5.41) is 4.78. The molecule has 1 saturated carbocycles. The maximum atomic E-state index is 6.37. The van der Waals surface area contributed by atoms with Gasteiger partial charge in [-0.15, -0.1) is 0 Å². The molecule has 1 saturated heterocycles. The maximum Gasteiger partial charge on any atom is 0.134 e. The van der Waals surface area contributed by atoms with Gasteiger partial charge in [0.25, 0.3) is 0 Å². The molecular formula is C26H32N2O3. The highest BCUT2D eigenvalue weighted by molar-refractivity contribution is 5.82. The van der Waals surface area contributed by atoms with Crippen LogP contribution in [0.15, 0.2) is 53.3 Å². The Morgan fingerprint density at radius 1 is 1.13 bits per heavy atom. The molecule has 164 valence electrons. The van der Waals surface area contributed by atoms with Gasteiger partial charge in [-0.05, 0) is 69.0 Å². The Morgan fingerprint density at radius 2 is 2.03 bits per heavy atom. The van der Waals surface area contributed by atoms with Gasteiger partial charge >= 0.3 is 0 Å². The van der Waals surface area contributed by atoms with E-state index in [9.17, 15) is 0 Å². The van der Waals surface area contributed by atoms with E-state index in [-0.39, 0.29) is 11.0 Å². The third kappa shape index (κ3) is 4.09. The maximum absolute atomic E-state index is 6.37. The fourth-order valence-corrected chi connectivity index (χ4v) is 5.67. The molecule has 3 heterocycles. The van der Waals surface area contributed by atoms with E-state index in [0.29, 0.717) is 0 Å². The van der Waals surface area contributed by atoms with Crippen LogP contribution in [0.1, 0.15) is 56.2 Å². The van der Waals surface area contributed by atoms with Crippen LogP contribution in [0, 0.1) is 0 Å². The number of hydrogen-bond donors (Lipinski definition) is 1. The highest BCUT2D eigenvalue weighted by Crippen LogP contribution is 2.49. The van der Waals surface area contributed by atoms with Crippen molar-refractivity contribution >= 4 is 11.0 Å². The van der Waals surface area contributed by atoms with Crippen LogP contribution in [-0.2, 0) is 16.7 Å². The molecule has 31 heavy (non-hydrogen) atoms. The fourth-order valence-electron chi connectivity index (χ4n) is 5.67. The smallest absolute Gasteiger partial charge is 0.134 e. The van der Waals surface area contributed by atoms with Crippen molar-refractivity contribution in [3.63, 3.8) is 0 Å². The molecule has 0 amide bonds. The van der Waals surface area contributed by atoms with Gasteiger partial charge in [0, 0.05) is 41.4 Å². The van der Waals surface area contributed by atoms with Crippen molar-refractivity contribution in [2.45, 2.75) is 62.5 Å². The molecule has 1 aliphatic carbocycles. The highest BCUT2D eigenvalue weighted by Gasteiger charge is 2.48. The SMILES string of the molecule is COc1ccc2occ(CNCC[C@@]3(c4ccccn4)CCOC4(CCCC4)C3)c2c1. The lowest BCUT2D eigenvalue weighted by atomic mass is 9.68. The normalized spacial score (nSPS) is 22.9. The lowest BCUT2D eigenvalue weighted by molar-refractivity contribution is -0.104. The molecule has 1 spiro atoms. The molecule has 5 heteroatoms. The van der Waals surface area contributed by atoms with Gasteiger partial charge in [0.05, 0.1) is 19.0 Å². The van der Waals surface area contributed by atoms with Crippen molar-refractivity contribution in [2.24, 2.45) is 0 Å². The zero-order valence-electron chi connectivity index (χ0n) is 18.4. The number of rotatable bonds is 7. The largest absolute Gasteiger partial charge is 0.497 e. The van der Waals surface area contributed by atoms with Crippen molar-refractivity contribution in [2.75, 3.05) is 20.3 Å². The lowest BCUT2D eigenvalue weighted by Crippen LogP contribution is -2.47. The summed E-state index contributed by atoms with van der Waals surface area (Å²) in [6, 6.07) is 12.3. The lowest BCUT2D eigenvalue weighted by Gasteiger charge is -2.46. The van der Waals surface area contributed by atoms with Crippen LogP contribution < -0.4 is 10.1 Å². The standard InChI is InChI=1S/C26H32N2O3/c1-29-21-7-8-23-22(16-21)20(18-30-23)17-27-14-11-25(24-6-2-5-13-28-24)12-15-31-26(19-25)9-3-4-10-26/h2,5-8,13,16,18,27H,3-4,9-12,14-15,17,19H2,1H3/t25-/m1/s1. The third-order valence-electron chi connectivity index (χ3n) is 7.33. The van der Waals surface area contributed by atoms with Crippen LogP contribution in [0.3, 0.4) is 0 Å². The predicted molar refractivity (Wildman–Crippen MR) is 121 cm³/mol. The highest BCUT2D eigenvalue weighted by atomic mass is 16.5. The number of nitrogens with zero attached hydrogens (tertiary/aromatic N) is 1. The number of nitrogens with one attached hydrogen (secondary N) is 1. The summed E-state index contributed by atoms with van der Waals surface area (Å²) in [7, 11) is 1.70. The summed E-state index contributed by atoms with van der Waals surface area (Å²) in [5.74, 6) is 0.855. The Hall–Kier alpha value is -2.37. The first-order chi connectivity index (χ1) is 15.2. The number of benzene rings is 1. The molecule has 5 rings (SSSR count). The van der Waals surface area contributed by atoms with E-state index in [1.807, 2.05) is 36.7 Å². The Morgan fingerprint density at radius 3 is 2.84 bits per heavy atom. The zero-order chi connectivity index (χ0) is 21.2. The minimum atomic E-state index is 0.0626. The zero-order valence-corrected chi connectivity index (χ0v) is 18.4. The average Bonchev–Trinajstić information content (AvgIpc) is 3.44. The number of fused-ring (bicyclic) bond motifs is 1. The minimum absolute atomic E-state index is 0.0626. The van der Waals surface area contributed by atoms with Gasteiger partial charge in [-0.3, -0.25) is 4.98 Å². The number of pyridine rings is 1. The Balaban J connectivity index is 1.30. The molecule has 1 atom stereocenters. The van der Waals surface area contributed by atoms with Crippen LogP contribution in [0.5, 0.6) is 5.75 Å². The average molecular weight is 421 g/mol. The number of ether oxygens (including phenoxy) is 2. The number of hydrogen-bond acceptors (Lipinski definition) is 5. The van der Waals surface area contributed by atoms with Gasteiger partial charge in [0.2, 0.25) is 0 Å². The first kappa shape index (κ1) is 20.5. The van der Waals surface area contributed by atoms with E-state index < -0.39 is 0 Å². The number of aromatic nitrogens is 1.